The Morgan fingerprint density at radius 1 is 1.47 bits per heavy atom. The number of nitrogens with one attached hydrogen (secondary N) is 1. The SMILES string of the molecule is CNCc1cn(CCN2CC(C)OC(C)(C)C2)nn1. The second-order valence-electron chi connectivity index (χ2n) is 5.93. The highest BCUT2D eigenvalue weighted by molar-refractivity contribution is 4.91. The first kappa shape index (κ1) is 14.4. The van der Waals surface area contributed by atoms with Crippen LogP contribution in [0.15, 0.2) is 6.20 Å². The molecule has 2 rings (SSSR count). The lowest BCUT2D eigenvalue weighted by Crippen LogP contribution is -2.52. The third-order valence-electron chi connectivity index (χ3n) is 3.23. The molecule has 1 atom stereocenters. The number of hydrogen-bond donors (Lipinski definition) is 1. The van der Waals surface area contributed by atoms with Crippen molar-refractivity contribution < 1.29 is 4.74 Å². The molecule has 0 aromatic carbocycles. The predicted molar refractivity (Wildman–Crippen MR) is 73.9 cm³/mol. The summed E-state index contributed by atoms with van der Waals surface area (Å²) in [6, 6.07) is 0. The number of morpholine rings is 1. The van der Waals surface area contributed by atoms with Crippen molar-refractivity contribution in [2.75, 3.05) is 26.7 Å². The number of rotatable bonds is 5. The van der Waals surface area contributed by atoms with E-state index in [4.69, 9.17) is 4.74 Å². The van der Waals surface area contributed by atoms with Gasteiger partial charge in [-0.05, 0) is 27.8 Å². The standard InChI is InChI=1S/C13H25N5O/c1-11-8-17(10-13(2,3)19-11)5-6-18-9-12(7-14-4)15-16-18/h9,11,14H,5-8,10H2,1-4H3. The summed E-state index contributed by atoms with van der Waals surface area (Å²) in [5.74, 6) is 0. The number of nitrogens with zero attached hydrogens (tertiary/aromatic N) is 4. The molecule has 1 aliphatic rings. The number of aromatic nitrogens is 3. The van der Waals surface area contributed by atoms with Gasteiger partial charge in [-0.3, -0.25) is 9.58 Å². The van der Waals surface area contributed by atoms with Crippen molar-refractivity contribution in [1.29, 1.82) is 0 Å². The lowest BCUT2D eigenvalue weighted by Gasteiger charge is -2.41. The van der Waals surface area contributed by atoms with Crippen molar-refractivity contribution in [2.45, 2.75) is 45.6 Å². The molecule has 0 radical (unpaired) electrons. The van der Waals surface area contributed by atoms with Crippen LogP contribution in [0.5, 0.6) is 0 Å². The van der Waals surface area contributed by atoms with Gasteiger partial charge in [0.2, 0.25) is 0 Å². The largest absolute Gasteiger partial charge is 0.370 e. The van der Waals surface area contributed by atoms with E-state index in [-0.39, 0.29) is 5.60 Å². The minimum atomic E-state index is -0.0582. The van der Waals surface area contributed by atoms with Crippen LogP contribution in [-0.4, -0.2) is 58.3 Å². The van der Waals surface area contributed by atoms with Gasteiger partial charge in [-0.1, -0.05) is 5.21 Å². The Balaban J connectivity index is 1.84. The van der Waals surface area contributed by atoms with Crippen molar-refractivity contribution in [1.82, 2.24) is 25.2 Å². The van der Waals surface area contributed by atoms with Gasteiger partial charge in [0.15, 0.2) is 0 Å². The topological polar surface area (TPSA) is 55.2 Å². The van der Waals surface area contributed by atoms with Crippen molar-refractivity contribution in [3.8, 4) is 0 Å². The molecule has 1 aromatic rings. The molecular formula is C13H25N5O. The molecular weight excluding hydrogens is 242 g/mol. The van der Waals surface area contributed by atoms with Gasteiger partial charge in [0.05, 0.1) is 23.9 Å². The van der Waals surface area contributed by atoms with E-state index in [1.54, 1.807) is 0 Å². The Bertz CT molecular complexity index is 403. The van der Waals surface area contributed by atoms with Gasteiger partial charge in [0, 0.05) is 32.4 Å². The predicted octanol–water partition coefficient (Wildman–Crippen LogP) is 0.497. The molecule has 108 valence electrons. The Morgan fingerprint density at radius 2 is 2.26 bits per heavy atom. The minimum Gasteiger partial charge on any atom is -0.370 e. The molecule has 1 N–H and O–H groups in total. The summed E-state index contributed by atoms with van der Waals surface area (Å²) in [4.78, 5) is 2.44. The Morgan fingerprint density at radius 3 is 2.95 bits per heavy atom. The normalized spacial score (nSPS) is 23.7. The monoisotopic (exact) mass is 267 g/mol. The summed E-state index contributed by atoms with van der Waals surface area (Å²) < 4.78 is 7.82. The van der Waals surface area contributed by atoms with E-state index in [0.29, 0.717) is 6.10 Å². The summed E-state index contributed by atoms with van der Waals surface area (Å²) in [5.41, 5.74) is 0.926. The van der Waals surface area contributed by atoms with Gasteiger partial charge in [-0.25, -0.2) is 0 Å². The van der Waals surface area contributed by atoms with E-state index in [1.165, 1.54) is 0 Å². The van der Waals surface area contributed by atoms with Crippen LogP contribution in [0.1, 0.15) is 26.5 Å². The van der Waals surface area contributed by atoms with Gasteiger partial charge in [0.1, 0.15) is 0 Å². The minimum absolute atomic E-state index is 0.0582. The quantitative estimate of drug-likeness (QED) is 0.842. The average molecular weight is 267 g/mol. The fourth-order valence-corrected chi connectivity index (χ4v) is 2.71. The fraction of sp³-hybridized carbons (Fsp3) is 0.846. The van der Waals surface area contributed by atoms with Crippen molar-refractivity contribution in [3.05, 3.63) is 11.9 Å². The van der Waals surface area contributed by atoms with E-state index < -0.39 is 0 Å². The third kappa shape index (κ3) is 4.26. The maximum absolute atomic E-state index is 5.91. The van der Waals surface area contributed by atoms with E-state index in [2.05, 4.69) is 41.3 Å². The van der Waals surface area contributed by atoms with Gasteiger partial charge in [-0.2, -0.15) is 0 Å². The second kappa shape index (κ2) is 5.98. The fourth-order valence-electron chi connectivity index (χ4n) is 2.71. The third-order valence-corrected chi connectivity index (χ3v) is 3.23. The van der Waals surface area contributed by atoms with Crippen LogP contribution in [0.3, 0.4) is 0 Å². The zero-order chi connectivity index (χ0) is 13.9. The first-order valence-corrected chi connectivity index (χ1v) is 6.92. The second-order valence-corrected chi connectivity index (χ2v) is 5.93. The van der Waals surface area contributed by atoms with Crippen LogP contribution in [-0.2, 0) is 17.8 Å². The lowest BCUT2D eigenvalue weighted by atomic mass is 10.1. The number of hydrogen-bond acceptors (Lipinski definition) is 5. The van der Waals surface area contributed by atoms with E-state index in [1.807, 2.05) is 17.9 Å². The highest BCUT2D eigenvalue weighted by Gasteiger charge is 2.30. The smallest absolute Gasteiger partial charge is 0.0964 e. The zero-order valence-corrected chi connectivity index (χ0v) is 12.4. The summed E-state index contributed by atoms with van der Waals surface area (Å²) in [5, 5.41) is 11.3. The molecule has 19 heavy (non-hydrogen) atoms. The lowest BCUT2D eigenvalue weighted by molar-refractivity contribution is -0.129. The Labute approximate surface area is 115 Å². The van der Waals surface area contributed by atoms with Gasteiger partial charge >= 0.3 is 0 Å². The van der Waals surface area contributed by atoms with Gasteiger partial charge < -0.3 is 10.1 Å². The first-order valence-electron chi connectivity index (χ1n) is 6.92. The molecule has 1 saturated heterocycles. The molecule has 0 spiro atoms. The highest BCUT2D eigenvalue weighted by Crippen LogP contribution is 2.20. The van der Waals surface area contributed by atoms with Gasteiger partial charge in [-0.15, -0.1) is 5.10 Å². The number of ether oxygens (including phenoxy) is 1. The molecule has 6 nitrogen and oxygen atoms in total. The molecule has 1 aromatic heterocycles. The van der Waals surface area contributed by atoms with E-state index >= 15 is 0 Å². The molecule has 6 heteroatoms. The molecule has 2 heterocycles. The van der Waals surface area contributed by atoms with Crippen LogP contribution >= 0.6 is 0 Å². The Kier molecular flexibility index (Phi) is 4.54. The molecule has 1 aliphatic heterocycles. The van der Waals surface area contributed by atoms with Crippen molar-refractivity contribution >= 4 is 0 Å². The molecule has 0 aliphatic carbocycles. The van der Waals surface area contributed by atoms with Crippen molar-refractivity contribution in [3.63, 3.8) is 0 Å². The summed E-state index contributed by atoms with van der Waals surface area (Å²) >= 11 is 0. The van der Waals surface area contributed by atoms with Crippen LogP contribution in [0.2, 0.25) is 0 Å². The summed E-state index contributed by atoms with van der Waals surface area (Å²) in [6.07, 6.45) is 2.30. The van der Waals surface area contributed by atoms with Crippen LogP contribution in [0.25, 0.3) is 0 Å². The van der Waals surface area contributed by atoms with Crippen LogP contribution in [0, 0.1) is 0 Å². The molecule has 0 saturated carbocycles. The molecule has 0 amide bonds. The highest BCUT2D eigenvalue weighted by atomic mass is 16.5. The average Bonchev–Trinajstić information content (AvgIpc) is 2.72. The zero-order valence-electron chi connectivity index (χ0n) is 12.4. The van der Waals surface area contributed by atoms with Gasteiger partial charge in [0.25, 0.3) is 0 Å². The van der Waals surface area contributed by atoms with Crippen molar-refractivity contribution in [2.24, 2.45) is 0 Å². The van der Waals surface area contributed by atoms with Crippen LogP contribution in [0.4, 0.5) is 0 Å². The first-order chi connectivity index (χ1) is 8.98. The molecule has 0 bridgehead atoms. The summed E-state index contributed by atoms with van der Waals surface area (Å²) in [6.45, 7) is 11.0. The maximum atomic E-state index is 5.91. The van der Waals surface area contributed by atoms with Crippen LogP contribution < -0.4 is 5.32 Å². The summed E-state index contributed by atoms with van der Waals surface area (Å²) in [7, 11) is 1.91. The molecule has 1 unspecified atom stereocenters. The maximum Gasteiger partial charge on any atom is 0.0964 e. The Hall–Kier alpha value is -0.980. The van der Waals surface area contributed by atoms with E-state index in [0.717, 1.165) is 38.4 Å². The van der Waals surface area contributed by atoms with E-state index in [9.17, 15) is 0 Å². The molecule has 1 fully saturated rings.